The van der Waals surface area contributed by atoms with Crippen molar-refractivity contribution in [2.75, 3.05) is 26.3 Å². The number of rotatable bonds is 10. The van der Waals surface area contributed by atoms with E-state index in [0.29, 0.717) is 36.4 Å². The average molecular weight is 467 g/mol. The van der Waals surface area contributed by atoms with Crippen LogP contribution in [-0.2, 0) is 9.59 Å². The van der Waals surface area contributed by atoms with E-state index in [0.717, 1.165) is 36.8 Å². The molecule has 1 fully saturated rings. The molecule has 2 aromatic rings. The molecule has 1 aliphatic rings. The van der Waals surface area contributed by atoms with E-state index in [1.54, 1.807) is 0 Å². The maximum Gasteiger partial charge on any atom is 0.257 e. The standard InChI is InChI=1S/C28H38N2O4/c1-19-8-10-25(12-21(19)3)33-17-27(31)29-15-23-6-5-7-24(14-23)16-30-28(32)18-34-26-11-9-20(2)22(4)13-26/h8-13,23-24H,5-7,14-18H2,1-4H3,(H,29,31)(H,30,32)/t23-,24-/m0/s1. The maximum atomic E-state index is 12.2. The third-order valence-corrected chi connectivity index (χ3v) is 6.76. The van der Waals surface area contributed by atoms with E-state index < -0.39 is 0 Å². The first-order valence-electron chi connectivity index (χ1n) is 12.2. The van der Waals surface area contributed by atoms with Gasteiger partial charge in [0.1, 0.15) is 11.5 Å². The molecule has 2 atom stereocenters. The number of ether oxygens (including phenoxy) is 2. The Morgan fingerprint density at radius 2 is 1.18 bits per heavy atom. The second-order valence-corrected chi connectivity index (χ2v) is 9.58. The number of aryl methyl sites for hydroxylation is 4. The van der Waals surface area contributed by atoms with Crippen LogP contribution in [0.4, 0.5) is 0 Å². The monoisotopic (exact) mass is 466 g/mol. The number of hydrogen-bond donors (Lipinski definition) is 2. The fourth-order valence-corrected chi connectivity index (χ4v) is 4.30. The van der Waals surface area contributed by atoms with Crippen molar-refractivity contribution in [3.63, 3.8) is 0 Å². The summed E-state index contributed by atoms with van der Waals surface area (Å²) < 4.78 is 11.3. The average Bonchev–Trinajstić information content (AvgIpc) is 2.83. The molecule has 0 aliphatic heterocycles. The molecule has 6 heteroatoms. The largest absolute Gasteiger partial charge is 0.484 e. The highest BCUT2D eigenvalue weighted by molar-refractivity contribution is 5.77. The van der Waals surface area contributed by atoms with Crippen molar-refractivity contribution in [1.82, 2.24) is 10.6 Å². The number of carbonyl (C=O) groups is 2. The highest BCUT2D eigenvalue weighted by Crippen LogP contribution is 2.28. The van der Waals surface area contributed by atoms with Gasteiger partial charge in [0.25, 0.3) is 11.8 Å². The van der Waals surface area contributed by atoms with Crippen molar-refractivity contribution in [3.8, 4) is 11.5 Å². The maximum absolute atomic E-state index is 12.2. The molecule has 34 heavy (non-hydrogen) atoms. The Balaban J connectivity index is 1.32. The molecule has 0 saturated heterocycles. The lowest BCUT2D eigenvalue weighted by Gasteiger charge is -2.29. The van der Waals surface area contributed by atoms with Gasteiger partial charge in [-0.2, -0.15) is 0 Å². The van der Waals surface area contributed by atoms with Crippen LogP contribution in [0.25, 0.3) is 0 Å². The molecule has 1 saturated carbocycles. The van der Waals surface area contributed by atoms with Gasteiger partial charge in [-0.3, -0.25) is 9.59 Å². The van der Waals surface area contributed by atoms with E-state index in [9.17, 15) is 9.59 Å². The molecule has 0 aromatic heterocycles. The van der Waals surface area contributed by atoms with E-state index in [1.165, 1.54) is 11.1 Å². The van der Waals surface area contributed by atoms with Crippen LogP contribution in [0.1, 0.15) is 47.9 Å². The summed E-state index contributed by atoms with van der Waals surface area (Å²) in [6.07, 6.45) is 4.30. The molecule has 184 valence electrons. The van der Waals surface area contributed by atoms with Gasteiger partial charge in [-0.1, -0.05) is 18.6 Å². The van der Waals surface area contributed by atoms with Gasteiger partial charge in [-0.15, -0.1) is 0 Å². The van der Waals surface area contributed by atoms with E-state index >= 15 is 0 Å². The predicted octanol–water partition coefficient (Wildman–Crippen LogP) is 4.42. The summed E-state index contributed by atoms with van der Waals surface area (Å²) in [6.45, 7) is 9.50. The Bertz CT molecular complexity index is 911. The normalized spacial score (nSPS) is 17.6. The summed E-state index contributed by atoms with van der Waals surface area (Å²) in [6, 6.07) is 11.7. The lowest BCUT2D eigenvalue weighted by molar-refractivity contribution is -0.123. The molecule has 2 amide bonds. The van der Waals surface area contributed by atoms with Crippen LogP contribution < -0.4 is 20.1 Å². The van der Waals surface area contributed by atoms with Crippen LogP contribution in [0.2, 0.25) is 0 Å². The third-order valence-electron chi connectivity index (χ3n) is 6.76. The molecule has 0 radical (unpaired) electrons. The molecule has 2 N–H and O–H groups in total. The third kappa shape index (κ3) is 8.08. The smallest absolute Gasteiger partial charge is 0.257 e. The molecule has 0 bridgehead atoms. The topological polar surface area (TPSA) is 76.7 Å². The van der Waals surface area contributed by atoms with Crippen LogP contribution in [-0.4, -0.2) is 38.1 Å². The number of amides is 2. The molecular weight excluding hydrogens is 428 g/mol. The highest BCUT2D eigenvalue weighted by Gasteiger charge is 2.23. The minimum atomic E-state index is -0.0999. The minimum absolute atomic E-state index is 0.0230. The zero-order valence-corrected chi connectivity index (χ0v) is 20.9. The molecule has 0 unspecified atom stereocenters. The van der Waals surface area contributed by atoms with Crippen molar-refractivity contribution in [2.45, 2.75) is 53.4 Å². The Morgan fingerprint density at radius 3 is 1.59 bits per heavy atom. The summed E-state index contributed by atoms with van der Waals surface area (Å²) in [5.74, 6) is 2.08. The van der Waals surface area contributed by atoms with Crippen molar-refractivity contribution in [1.29, 1.82) is 0 Å². The second-order valence-electron chi connectivity index (χ2n) is 9.58. The second kappa shape index (κ2) is 12.4. The molecule has 2 aromatic carbocycles. The molecule has 1 aliphatic carbocycles. The number of nitrogens with one attached hydrogen (secondary N) is 2. The van der Waals surface area contributed by atoms with E-state index in [2.05, 4.69) is 24.5 Å². The molecule has 0 heterocycles. The molecular formula is C28H38N2O4. The summed E-state index contributed by atoms with van der Waals surface area (Å²) in [5, 5.41) is 6.02. The van der Waals surface area contributed by atoms with Crippen LogP contribution in [0.15, 0.2) is 36.4 Å². The summed E-state index contributed by atoms with van der Waals surface area (Å²) in [5.41, 5.74) is 4.70. The van der Waals surface area contributed by atoms with E-state index in [-0.39, 0.29) is 25.0 Å². The lowest BCUT2D eigenvalue weighted by Crippen LogP contribution is -2.38. The van der Waals surface area contributed by atoms with Crippen LogP contribution in [0, 0.1) is 39.5 Å². The number of hydrogen-bond acceptors (Lipinski definition) is 4. The van der Waals surface area contributed by atoms with Gasteiger partial charge in [0, 0.05) is 13.1 Å². The SMILES string of the molecule is Cc1ccc(OCC(=O)NC[C@H]2CCC[C@H](CNC(=O)COc3ccc(C)c(C)c3)C2)cc1C. The zero-order chi connectivity index (χ0) is 24.5. The van der Waals surface area contributed by atoms with E-state index in [1.807, 2.05) is 50.2 Å². The van der Waals surface area contributed by atoms with Crippen molar-refractivity contribution >= 4 is 11.8 Å². The first-order valence-corrected chi connectivity index (χ1v) is 12.2. The Labute approximate surface area is 203 Å². The van der Waals surface area contributed by atoms with Gasteiger partial charge < -0.3 is 20.1 Å². The van der Waals surface area contributed by atoms with Crippen molar-refractivity contribution in [3.05, 3.63) is 58.7 Å². The summed E-state index contributed by atoms with van der Waals surface area (Å²) >= 11 is 0. The van der Waals surface area contributed by atoms with Gasteiger partial charge in [0.15, 0.2) is 13.2 Å². The number of benzene rings is 2. The van der Waals surface area contributed by atoms with E-state index in [4.69, 9.17) is 9.47 Å². The van der Waals surface area contributed by atoms with Gasteiger partial charge in [0.05, 0.1) is 0 Å². The van der Waals surface area contributed by atoms with Gasteiger partial charge in [-0.05, 0) is 105 Å². The molecule has 6 nitrogen and oxygen atoms in total. The zero-order valence-electron chi connectivity index (χ0n) is 20.9. The van der Waals surface area contributed by atoms with Crippen molar-refractivity contribution in [2.24, 2.45) is 11.8 Å². The summed E-state index contributed by atoms with van der Waals surface area (Å²) in [7, 11) is 0. The number of carbonyl (C=O) groups excluding carboxylic acids is 2. The predicted molar refractivity (Wildman–Crippen MR) is 134 cm³/mol. The van der Waals surface area contributed by atoms with Gasteiger partial charge in [-0.25, -0.2) is 0 Å². The van der Waals surface area contributed by atoms with Crippen LogP contribution >= 0.6 is 0 Å². The first-order chi connectivity index (χ1) is 16.3. The Kier molecular flexibility index (Phi) is 9.37. The molecule has 0 spiro atoms. The Hall–Kier alpha value is -3.02. The van der Waals surface area contributed by atoms with Gasteiger partial charge in [0.2, 0.25) is 0 Å². The Morgan fingerprint density at radius 1 is 0.735 bits per heavy atom. The molecule has 3 rings (SSSR count). The lowest BCUT2D eigenvalue weighted by atomic mass is 9.81. The first kappa shape index (κ1) is 25.6. The van der Waals surface area contributed by atoms with Gasteiger partial charge >= 0.3 is 0 Å². The quantitative estimate of drug-likeness (QED) is 0.544. The van der Waals surface area contributed by atoms with Crippen LogP contribution in [0.5, 0.6) is 11.5 Å². The fraction of sp³-hybridized carbons (Fsp3) is 0.500. The van der Waals surface area contributed by atoms with Crippen LogP contribution in [0.3, 0.4) is 0 Å². The highest BCUT2D eigenvalue weighted by atomic mass is 16.5. The summed E-state index contributed by atoms with van der Waals surface area (Å²) in [4.78, 5) is 24.5. The minimum Gasteiger partial charge on any atom is -0.484 e. The van der Waals surface area contributed by atoms with Crippen molar-refractivity contribution < 1.29 is 19.1 Å². The fourth-order valence-electron chi connectivity index (χ4n) is 4.30.